The van der Waals surface area contributed by atoms with Crippen LogP contribution in [0.15, 0.2) is 29.4 Å². The topological polar surface area (TPSA) is 85.4 Å². The van der Waals surface area contributed by atoms with Crippen molar-refractivity contribution in [2.24, 2.45) is 0 Å². The first-order valence-corrected chi connectivity index (χ1v) is 8.09. The molecule has 0 aliphatic carbocycles. The Morgan fingerprint density at radius 1 is 1.27 bits per heavy atom. The van der Waals surface area contributed by atoms with Crippen LogP contribution in [0.2, 0.25) is 10.0 Å². The lowest BCUT2D eigenvalue weighted by molar-refractivity contribution is 0.847. The summed E-state index contributed by atoms with van der Waals surface area (Å²) in [5.41, 5.74) is 2.42. The highest BCUT2D eigenvalue weighted by molar-refractivity contribution is 7.98. The average Bonchev–Trinajstić information content (AvgIpc) is 3.05. The fourth-order valence-corrected chi connectivity index (χ4v) is 3.49. The van der Waals surface area contributed by atoms with Gasteiger partial charge in [0, 0.05) is 21.5 Å². The zero-order chi connectivity index (χ0) is 15.7. The predicted octanol–water partition coefficient (Wildman–Crippen LogP) is 3.29. The molecule has 0 saturated heterocycles. The zero-order valence-corrected chi connectivity index (χ0v) is 13.9. The molecule has 6 nitrogen and oxygen atoms in total. The molecule has 3 aromatic rings. The lowest BCUT2D eigenvalue weighted by atomic mass is 10.2. The number of halogens is 2. The van der Waals surface area contributed by atoms with E-state index >= 15 is 0 Å². The van der Waals surface area contributed by atoms with Gasteiger partial charge in [-0.2, -0.15) is 5.10 Å². The second-order valence-corrected chi connectivity index (χ2v) is 6.36. The van der Waals surface area contributed by atoms with E-state index in [-0.39, 0.29) is 0 Å². The molecule has 0 bridgehead atoms. The maximum Gasteiger partial charge on any atom is 0.210 e. The Bertz CT molecular complexity index is 792. The van der Waals surface area contributed by atoms with Crippen LogP contribution >= 0.6 is 35.0 Å². The van der Waals surface area contributed by atoms with E-state index < -0.39 is 0 Å². The highest BCUT2D eigenvalue weighted by Gasteiger charge is 2.15. The van der Waals surface area contributed by atoms with Gasteiger partial charge in [-0.3, -0.25) is 5.10 Å². The van der Waals surface area contributed by atoms with Gasteiger partial charge in [0.1, 0.15) is 5.69 Å². The van der Waals surface area contributed by atoms with Crippen molar-refractivity contribution in [1.29, 1.82) is 0 Å². The van der Waals surface area contributed by atoms with Crippen LogP contribution in [0.1, 0.15) is 11.3 Å². The third kappa shape index (κ3) is 2.92. The number of rotatable bonds is 4. The number of thioether (sulfide) groups is 1. The molecule has 2 aromatic heterocycles. The second-order valence-electron chi connectivity index (χ2n) is 4.60. The predicted molar refractivity (Wildman–Crippen MR) is 88.5 cm³/mol. The molecule has 0 spiro atoms. The fraction of sp³-hybridized carbons (Fsp3) is 0.154. The number of nitrogens with two attached hydrogens (primary N) is 1. The van der Waals surface area contributed by atoms with Crippen molar-refractivity contribution in [2.45, 2.75) is 17.8 Å². The van der Waals surface area contributed by atoms with Crippen LogP contribution in [0.5, 0.6) is 0 Å². The Hall–Kier alpha value is -1.70. The van der Waals surface area contributed by atoms with Crippen molar-refractivity contribution in [2.75, 3.05) is 5.84 Å². The molecular formula is C13H12Cl2N6S. The zero-order valence-electron chi connectivity index (χ0n) is 11.5. The third-order valence-electron chi connectivity index (χ3n) is 3.01. The first-order chi connectivity index (χ1) is 10.6. The van der Waals surface area contributed by atoms with E-state index in [0.717, 1.165) is 11.3 Å². The summed E-state index contributed by atoms with van der Waals surface area (Å²) in [6, 6.07) is 7.26. The molecule has 0 unspecified atom stereocenters. The summed E-state index contributed by atoms with van der Waals surface area (Å²) in [7, 11) is 0. The lowest BCUT2D eigenvalue weighted by Gasteiger charge is -2.06. The maximum atomic E-state index is 6.15. The molecule has 9 heteroatoms. The fourth-order valence-electron chi connectivity index (χ4n) is 1.89. The highest BCUT2D eigenvalue weighted by atomic mass is 35.5. The molecule has 3 rings (SSSR count). The van der Waals surface area contributed by atoms with Gasteiger partial charge >= 0.3 is 0 Å². The smallest absolute Gasteiger partial charge is 0.210 e. The molecule has 114 valence electrons. The SMILES string of the molecule is Cc1cc(-c2nnc(SCc3c(Cl)cccc3Cl)n2N)n[nH]1. The number of nitrogens with zero attached hydrogens (tertiary/aromatic N) is 4. The molecule has 0 aliphatic heterocycles. The van der Waals surface area contributed by atoms with Crippen LogP contribution in [0.4, 0.5) is 0 Å². The highest BCUT2D eigenvalue weighted by Crippen LogP contribution is 2.31. The molecule has 0 atom stereocenters. The summed E-state index contributed by atoms with van der Waals surface area (Å²) >= 11 is 13.7. The number of benzene rings is 1. The van der Waals surface area contributed by atoms with Gasteiger partial charge in [0.15, 0.2) is 0 Å². The number of nitrogens with one attached hydrogen (secondary N) is 1. The minimum Gasteiger partial charge on any atom is -0.335 e. The van der Waals surface area contributed by atoms with Crippen LogP contribution in [0.3, 0.4) is 0 Å². The van der Waals surface area contributed by atoms with Crippen LogP contribution in [0, 0.1) is 6.92 Å². The van der Waals surface area contributed by atoms with E-state index in [1.54, 1.807) is 12.1 Å². The lowest BCUT2D eigenvalue weighted by Crippen LogP contribution is -2.11. The van der Waals surface area contributed by atoms with Gasteiger partial charge in [0.2, 0.25) is 11.0 Å². The normalized spacial score (nSPS) is 11.0. The van der Waals surface area contributed by atoms with Crippen molar-refractivity contribution < 1.29 is 0 Å². The first kappa shape index (κ1) is 15.2. The van der Waals surface area contributed by atoms with E-state index in [4.69, 9.17) is 29.0 Å². The number of nitrogen functional groups attached to an aromatic ring is 1. The van der Waals surface area contributed by atoms with Gasteiger partial charge in [0.05, 0.1) is 0 Å². The van der Waals surface area contributed by atoms with Crippen LogP contribution in [-0.2, 0) is 5.75 Å². The molecular weight excluding hydrogens is 343 g/mol. The third-order valence-corrected chi connectivity index (χ3v) is 4.68. The van der Waals surface area contributed by atoms with Crippen LogP contribution in [0.25, 0.3) is 11.5 Å². The monoisotopic (exact) mass is 354 g/mol. The van der Waals surface area contributed by atoms with Gasteiger partial charge in [-0.25, -0.2) is 4.68 Å². The Balaban J connectivity index is 1.81. The molecule has 22 heavy (non-hydrogen) atoms. The Morgan fingerprint density at radius 3 is 2.64 bits per heavy atom. The summed E-state index contributed by atoms with van der Waals surface area (Å²) in [5.74, 6) is 7.08. The Morgan fingerprint density at radius 2 is 2.00 bits per heavy atom. The second kappa shape index (κ2) is 6.20. The number of aryl methyl sites for hydroxylation is 1. The van der Waals surface area contributed by atoms with Gasteiger partial charge in [-0.1, -0.05) is 41.0 Å². The molecule has 0 saturated carbocycles. The Labute approximate surface area is 141 Å². The molecule has 0 fully saturated rings. The number of hydrogen-bond donors (Lipinski definition) is 2. The average molecular weight is 355 g/mol. The molecule has 0 aliphatic rings. The molecule has 2 heterocycles. The number of aromatic nitrogens is 5. The summed E-state index contributed by atoms with van der Waals surface area (Å²) in [4.78, 5) is 0. The van der Waals surface area contributed by atoms with E-state index in [1.807, 2.05) is 19.1 Å². The number of H-pyrrole nitrogens is 1. The Kier molecular flexibility index (Phi) is 4.28. The quantitative estimate of drug-likeness (QED) is 0.554. The minimum absolute atomic E-state index is 0.497. The summed E-state index contributed by atoms with van der Waals surface area (Å²) in [6.07, 6.45) is 0. The molecule has 0 radical (unpaired) electrons. The van der Waals surface area contributed by atoms with Crippen molar-refractivity contribution in [3.8, 4) is 11.5 Å². The van der Waals surface area contributed by atoms with E-state index in [2.05, 4.69) is 20.4 Å². The minimum atomic E-state index is 0.497. The number of aromatic amines is 1. The van der Waals surface area contributed by atoms with E-state index in [9.17, 15) is 0 Å². The van der Waals surface area contributed by atoms with Crippen LogP contribution < -0.4 is 5.84 Å². The maximum absolute atomic E-state index is 6.15. The van der Waals surface area contributed by atoms with Crippen LogP contribution in [-0.4, -0.2) is 25.1 Å². The van der Waals surface area contributed by atoms with E-state index in [0.29, 0.717) is 32.5 Å². The summed E-state index contributed by atoms with van der Waals surface area (Å²) in [6.45, 7) is 1.91. The van der Waals surface area contributed by atoms with E-state index in [1.165, 1.54) is 16.4 Å². The summed E-state index contributed by atoms with van der Waals surface area (Å²) in [5, 5.41) is 16.9. The first-order valence-electron chi connectivity index (χ1n) is 6.35. The van der Waals surface area contributed by atoms with Gasteiger partial charge in [-0.05, 0) is 30.7 Å². The van der Waals surface area contributed by atoms with Crippen molar-refractivity contribution in [3.05, 3.63) is 45.6 Å². The van der Waals surface area contributed by atoms with Crippen molar-refractivity contribution in [1.82, 2.24) is 25.1 Å². The largest absolute Gasteiger partial charge is 0.335 e. The van der Waals surface area contributed by atoms with Gasteiger partial charge in [0.25, 0.3) is 0 Å². The standard InChI is InChI=1S/C13H12Cl2N6S/c1-7-5-11(18-17-7)12-19-20-13(21(12)16)22-6-8-9(14)3-2-4-10(8)15/h2-5H,6,16H2,1H3,(H,17,18). The summed E-state index contributed by atoms with van der Waals surface area (Å²) < 4.78 is 1.41. The van der Waals surface area contributed by atoms with Crippen molar-refractivity contribution >= 4 is 35.0 Å². The van der Waals surface area contributed by atoms with Gasteiger partial charge < -0.3 is 5.84 Å². The molecule has 0 amide bonds. The molecule has 3 N–H and O–H groups in total. The van der Waals surface area contributed by atoms with Crippen molar-refractivity contribution in [3.63, 3.8) is 0 Å². The molecule has 1 aromatic carbocycles. The van der Waals surface area contributed by atoms with Gasteiger partial charge in [-0.15, -0.1) is 10.2 Å². The number of hydrogen-bond acceptors (Lipinski definition) is 5.